The molecule has 138 valence electrons. The van der Waals surface area contributed by atoms with Gasteiger partial charge in [0.1, 0.15) is 15.6 Å². The Morgan fingerprint density at radius 3 is 3.00 bits per heavy atom. The molecule has 0 bridgehead atoms. The number of nitrogens with zero attached hydrogens (tertiary/aromatic N) is 4. The van der Waals surface area contributed by atoms with E-state index in [9.17, 15) is 8.42 Å². The Labute approximate surface area is 156 Å². The largest absolute Gasteiger partial charge is 0.383 e. The number of pyridine rings is 1. The van der Waals surface area contributed by atoms with Gasteiger partial charge in [-0.3, -0.25) is 0 Å². The first-order valence-corrected chi connectivity index (χ1v) is 10.8. The van der Waals surface area contributed by atoms with Crippen LogP contribution >= 0.6 is 11.3 Å². The molecule has 0 unspecified atom stereocenters. The minimum Gasteiger partial charge on any atom is -0.383 e. The average Bonchev–Trinajstić information content (AvgIpc) is 3.39. The van der Waals surface area contributed by atoms with Crippen molar-refractivity contribution in [3.05, 3.63) is 41.7 Å². The minimum atomic E-state index is -3.42. The standard InChI is InChI=1S/C17H20N4O3S2/c1-24-10-9-21-16(19-14-4-2-7-18-17(14)21)13-6-8-20(12-13)26(22,23)15-5-3-11-25-15/h2-5,7,11,13H,6,8-10,12H2,1H3/t13-/m0/s1. The lowest BCUT2D eigenvalue weighted by Crippen LogP contribution is -2.28. The van der Waals surface area contributed by atoms with Gasteiger partial charge in [-0.05, 0) is 30.0 Å². The Morgan fingerprint density at radius 1 is 1.35 bits per heavy atom. The fourth-order valence-electron chi connectivity index (χ4n) is 3.39. The van der Waals surface area contributed by atoms with Gasteiger partial charge < -0.3 is 9.30 Å². The van der Waals surface area contributed by atoms with E-state index in [1.54, 1.807) is 35.1 Å². The Balaban J connectivity index is 1.65. The van der Waals surface area contributed by atoms with Crippen molar-refractivity contribution >= 4 is 32.5 Å². The monoisotopic (exact) mass is 392 g/mol. The average molecular weight is 393 g/mol. The summed E-state index contributed by atoms with van der Waals surface area (Å²) in [5.41, 5.74) is 1.65. The van der Waals surface area contributed by atoms with E-state index < -0.39 is 10.0 Å². The summed E-state index contributed by atoms with van der Waals surface area (Å²) in [7, 11) is -1.76. The van der Waals surface area contributed by atoms with Crippen LogP contribution in [-0.4, -0.2) is 54.1 Å². The van der Waals surface area contributed by atoms with Gasteiger partial charge in [0.05, 0.1) is 6.61 Å². The van der Waals surface area contributed by atoms with Gasteiger partial charge in [0.2, 0.25) is 0 Å². The second-order valence-corrected chi connectivity index (χ2v) is 9.35. The van der Waals surface area contributed by atoms with Crippen molar-refractivity contribution in [1.29, 1.82) is 0 Å². The molecule has 0 aliphatic carbocycles. The second-order valence-electron chi connectivity index (χ2n) is 6.24. The Bertz CT molecular complexity index is 998. The van der Waals surface area contributed by atoms with Crippen LogP contribution in [0.25, 0.3) is 11.2 Å². The zero-order chi connectivity index (χ0) is 18.1. The van der Waals surface area contributed by atoms with Crippen LogP contribution in [0.5, 0.6) is 0 Å². The summed E-state index contributed by atoms with van der Waals surface area (Å²) >= 11 is 1.25. The van der Waals surface area contributed by atoms with Crippen LogP contribution in [0.15, 0.2) is 40.1 Å². The van der Waals surface area contributed by atoms with Crippen molar-refractivity contribution in [3.63, 3.8) is 0 Å². The molecule has 0 radical (unpaired) electrons. The maximum Gasteiger partial charge on any atom is 0.252 e. The highest BCUT2D eigenvalue weighted by Gasteiger charge is 2.36. The number of sulfonamides is 1. The van der Waals surface area contributed by atoms with E-state index in [0.717, 1.165) is 23.4 Å². The lowest BCUT2D eigenvalue weighted by atomic mass is 10.1. The van der Waals surface area contributed by atoms with Crippen molar-refractivity contribution in [2.45, 2.75) is 23.1 Å². The number of hydrogen-bond donors (Lipinski definition) is 0. The van der Waals surface area contributed by atoms with Gasteiger partial charge >= 0.3 is 0 Å². The summed E-state index contributed by atoms with van der Waals surface area (Å²) in [5, 5.41) is 1.79. The topological polar surface area (TPSA) is 77.3 Å². The van der Waals surface area contributed by atoms with Crippen molar-refractivity contribution in [1.82, 2.24) is 18.8 Å². The molecule has 0 aromatic carbocycles. The van der Waals surface area contributed by atoms with Crippen LogP contribution in [0.1, 0.15) is 18.2 Å². The minimum absolute atomic E-state index is 0.0517. The van der Waals surface area contributed by atoms with Crippen molar-refractivity contribution in [3.8, 4) is 0 Å². The first kappa shape index (κ1) is 17.6. The van der Waals surface area contributed by atoms with Gasteiger partial charge in [0.15, 0.2) is 5.65 Å². The quantitative estimate of drug-likeness (QED) is 0.643. The normalized spacial score (nSPS) is 18.7. The van der Waals surface area contributed by atoms with E-state index in [4.69, 9.17) is 9.72 Å². The number of hydrogen-bond acceptors (Lipinski definition) is 6. The molecule has 0 amide bonds. The highest BCUT2D eigenvalue weighted by Crippen LogP contribution is 2.33. The van der Waals surface area contributed by atoms with E-state index in [0.29, 0.717) is 30.5 Å². The Kier molecular flexibility index (Phi) is 4.78. The lowest BCUT2D eigenvalue weighted by molar-refractivity contribution is 0.187. The number of ether oxygens (including phenoxy) is 1. The third-order valence-electron chi connectivity index (χ3n) is 4.66. The number of methoxy groups -OCH3 is 1. The summed E-state index contributed by atoms with van der Waals surface area (Å²) < 4.78 is 34.8. The second kappa shape index (κ2) is 7.07. The van der Waals surface area contributed by atoms with Crippen molar-refractivity contribution in [2.24, 2.45) is 0 Å². The van der Waals surface area contributed by atoms with E-state index >= 15 is 0 Å². The van der Waals surface area contributed by atoms with Gasteiger partial charge in [0.25, 0.3) is 10.0 Å². The van der Waals surface area contributed by atoms with Gasteiger partial charge in [-0.1, -0.05) is 6.07 Å². The maximum atomic E-state index is 12.8. The predicted octanol–water partition coefficient (Wildman–Crippen LogP) is 2.32. The summed E-state index contributed by atoms with van der Waals surface area (Å²) in [5.74, 6) is 0.940. The molecule has 0 N–H and O–H groups in total. The molecule has 4 rings (SSSR count). The fourth-order valence-corrected chi connectivity index (χ4v) is 6.03. The summed E-state index contributed by atoms with van der Waals surface area (Å²) in [4.78, 5) is 9.20. The molecule has 26 heavy (non-hydrogen) atoms. The van der Waals surface area contributed by atoms with E-state index in [-0.39, 0.29) is 5.92 Å². The van der Waals surface area contributed by atoms with Gasteiger partial charge in [-0.2, -0.15) is 4.31 Å². The molecular formula is C17H20N4O3S2. The first-order valence-electron chi connectivity index (χ1n) is 8.45. The fraction of sp³-hybridized carbons (Fsp3) is 0.412. The number of imidazole rings is 1. The van der Waals surface area contributed by atoms with Gasteiger partial charge in [0, 0.05) is 38.9 Å². The number of fused-ring (bicyclic) bond motifs is 1. The third-order valence-corrected chi connectivity index (χ3v) is 7.90. The van der Waals surface area contributed by atoms with E-state index in [2.05, 4.69) is 9.55 Å². The highest BCUT2D eigenvalue weighted by atomic mass is 32.2. The molecule has 0 saturated carbocycles. The molecule has 9 heteroatoms. The SMILES string of the molecule is COCCn1c([C@H]2CCN(S(=O)(=O)c3cccs3)C2)nc2cccnc21. The van der Waals surface area contributed by atoms with Crippen LogP contribution in [0.2, 0.25) is 0 Å². The summed E-state index contributed by atoms with van der Waals surface area (Å²) in [6.45, 7) is 2.15. The lowest BCUT2D eigenvalue weighted by Gasteiger charge is -2.16. The number of aromatic nitrogens is 3. The zero-order valence-electron chi connectivity index (χ0n) is 14.4. The predicted molar refractivity (Wildman–Crippen MR) is 99.8 cm³/mol. The number of thiophene rings is 1. The molecule has 0 spiro atoms. The Hall–Kier alpha value is -1.81. The molecule has 1 aliphatic heterocycles. The van der Waals surface area contributed by atoms with Gasteiger partial charge in [-0.25, -0.2) is 18.4 Å². The molecule has 1 saturated heterocycles. The van der Waals surface area contributed by atoms with E-state index in [1.165, 1.54) is 11.3 Å². The van der Waals surface area contributed by atoms with Crippen LogP contribution in [-0.2, 0) is 21.3 Å². The molecule has 7 nitrogen and oxygen atoms in total. The summed E-state index contributed by atoms with van der Waals surface area (Å²) in [6, 6.07) is 7.22. The molecule has 1 aliphatic rings. The first-order chi connectivity index (χ1) is 12.6. The van der Waals surface area contributed by atoms with Crippen molar-refractivity contribution < 1.29 is 13.2 Å². The molecule has 1 fully saturated rings. The van der Waals surface area contributed by atoms with Crippen LogP contribution in [0.3, 0.4) is 0 Å². The van der Waals surface area contributed by atoms with Gasteiger partial charge in [-0.15, -0.1) is 11.3 Å². The van der Waals surface area contributed by atoms with Crippen LogP contribution in [0.4, 0.5) is 0 Å². The smallest absolute Gasteiger partial charge is 0.252 e. The molecule has 3 aromatic heterocycles. The molecule has 3 aromatic rings. The Morgan fingerprint density at radius 2 is 2.23 bits per heavy atom. The van der Waals surface area contributed by atoms with E-state index in [1.807, 2.05) is 12.1 Å². The third kappa shape index (κ3) is 3.05. The molecule has 1 atom stereocenters. The zero-order valence-corrected chi connectivity index (χ0v) is 16.0. The molecule has 4 heterocycles. The highest BCUT2D eigenvalue weighted by molar-refractivity contribution is 7.91. The maximum absolute atomic E-state index is 12.8. The van der Waals surface area contributed by atoms with Crippen LogP contribution in [0, 0.1) is 0 Å². The molecular weight excluding hydrogens is 372 g/mol. The summed E-state index contributed by atoms with van der Waals surface area (Å²) in [6.07, 6.45) is 2.50. The van der Waals surface area contributed by atoms with Crippen LogP contribution < -0.4 is 0 Å². The number of rotatable bonds is 6. The van der Waals surface area contributed by atoms with Crippen molar-refractivity contribution in [2.75, 3.05) is 26.8 Å².